The standard InChI is InChI=1S/C8H12.C7H8/c1-2-4-6-8-7-5-3-1;1-2-7-4-3-6(1)5-7/h1-2,7-8H,3-6H2;1-2H,3-5H2. The smallest absolute Gasteiger partial charge is 0.0102 e. The summed E-state index contributed by atoms with van der Waals surface area (Å²) in [6.07, 6.45) is 22.5. The molecule has 3 rings (SSSR count). The molecule has 80 valence electrons. The van der Waals surface area contributed by atoms with Crippen LogP contribution >= 0.6 is 0 Å². The van der Waals surface area contributed by atoms with Gasteiger partial charge in [-0.3, -0.25) is 0 Å². The predicted molar refractivity (Wildman–Crippen MR) is 66.8 cm³/mol. The first kappa shape index (κ1) is 10.5. The summed E-state index contributed by atoms with van der Waals surface area (Å²) in [5.74, 6) is 0. The monoisotopic (exact) mass is 200 g/mol. The Hall–Kier alpha value is -1.04. The second kappa shape index (κ2) is 5.75. The molecule has 1 saturated carbocycles. The molecule has 0 saturated heterocycles. The van der Waals surface area contributed by atoms with Crippen LogP contribution in [0.3, 0.4) is 0 Å². The lowest BCUT2D eigenvalue weighted by Gasteiger charge is -1.92. The van der Waals surface area contributed by atoms with E-state index in [1.807, 2.05) is 0 Å². The van der Waals surface area contributed by atoms with Crippen LogP contribution in [0.15, 0.2) is 47.6 Å². The van der Waals surface area contributed by atoms with Gasteiger partial charge >= 0.3 is 0 Å². The third kappa shape index (κ3) is 3.54. The highest BCUT2D eigenvalue weighted by molar-refractivity contribution is 5.36. The predicted octanol–water partition coefficient (Wildman–Crippen LogP) is 4.71. The molecule has 15 heavy (non-hydrogen) atoms. The molecule has 0 aromatic heterocycles. The lowest BCUT2D eigenvalue weighted by molar-refractivity contribution is 0.962. The molecule has 0 heterocycles. The van der Waals surface area contributed by atoms with Crippen LogP contribution in [0.4, 0.5) is 0 Å². The van der Waals surface area contributed by atoms with E-state index in [-0.39, 0.29) is 0 Å². The highest BCUT2D eigenvalue weighted by Gasteiger charge is 2.14. The topological polar surface area (TPSA) is 0 Å². The van der Waals surface area contributed by atoms with Gasteiger partial charge in [-0.25, -0.2) is 0 Å². The Morgan fingerprint density at radius 2 is 1.00 bits per heavy atom. The zero-order valence-corrected chi connectivity index (χ0v) is 9.41. The van der Waals surface area contributed by atoms with Crippen molar-refractivity contribution in [3.8, 4) is 0 Å². The minimum absolute atomic E-state index is 1.23. The Kier molecular flexibility index (Phi) is 4.01. The van der Waals surface area contributed by atoms with Gasteiger partial charge < -0.3 is 0 Å². The number of hydrogen-bond acceptors (Lipinski definition) is 0. The molecule has 3 aliphatic rings. The maximum Gasteiger partial charge on any atom is -0.0102 e. The van der Waals surface area contributed by atoms with Gasteiger partial charge in [-0.1, -0.05) is 47.6 Å². The van der Waals surface area contributed by atoms with Crippen LogP contribution < -0.4 is 0 Å². The van der Waals surface area contributed by atoms with E-state index >= 15 is 0 Å². The van der Waals surface area contributed by atoms with E-state index in [4.69, 9.17) is 0 Å². The van der Waals surface area contributed by atoms with Gasteiger partial charge in [0.15, 0.2) is 0 Å². The van der Waals surface area contributed by atoms with Crippen molar-refractivity contribution >= 4 is 0 Å². The minimum atomic E-state index is 1.23. The van der Waals surface area contributed by atoms with Crippen LogP contribution in [0.5, 0.6) is 0 Å². The first-order valence-electron chi connectivity index (χ1n) is 6.12. The van der Waals surface area contributed by atoms with Gasteiger partial charge in [0.1, 0.15) is 0 Å². The Morgan fingerprint density at radius 3 is 1.20 bits per heavy atom. The SMILES string of the molecule is C1=C2CCC(=C1)C2.C1=CCCC=CCC1. The molecule has 0 aromatic carbocycles. The van der Waals surface area contributed by atoms with E-state index < -0.39 is 0 Å². The average Bonchev–Trinajstić information content (AvgIpc) is 2.80. The van der Waals surface area contributed by atoms with Crippen molar-refractivity contribution in [2.45, 2.75) is 44.9 Å². The summed E-state index contributed by atoms with van der Waals surface area (Å²) in [5, 5.41) is 0. The lowest BCUT2D eigenvalue weighted by atomic mass is 10.1. The van der Waals surface area contributed by atoms with Crippen molar-refractivity contribution in [1.29, 1.82) is 0 Å². The molecule has 0 unspecified atom stereocenters. The fourth-order valence-electron chi connectivity index (χ4n) is 2.17. The summed E-state index contributed by atoms with van der Waals surface area (Å²) in [4.78, 5) is 0. The van der Waals surface area contributed by atoms with Crippen LogP contribution in [0.1, 0.15) is 44.9 Å². The van der Waals surface area contributed by atoms with Crippen LogP contribution in [0, 0.1) is 0 Å². The molecule has 0 amide bonds. The van der Waals surface area contributed by atoms with E-state index in [9.17, 15) is 0 Å². The molecule has 0 atom stereocenters. The molecular weight excluding hydrogens is 180 g/mol. The summed E-state index contributed by atoms with van der Waals surface area (Å²) >= 11 is 0. The number of allylic oxidation sites excluding steroid dienone is 8. The summed E-state index contributed by atoms with van der Waals surface area (Å²) in [5.41, 5.74) is 3.30. The molecule has 0 spiro atoms. The number of hydrogen-bond donors (Lipinski definition) is 0. The van der Waals surface area contributed by atoms with Crippen molar-refractivity contribution in [3.05, 3.63) is 47.6 Å². The largest absolute Gasteiger partial charge is 0.0882 e. The van der Waals surface area contributed by atoms with Gasteiger partial charge in [0.25, 0.3) is 0 Å². The maximum atomic E-state index is 2.27. The summed E-state index contributed by atoms with van der Waals surface area (Å²) in [6, 6.07) is 0. The van der Waals surface area contributed by atoms with E-state index in [0.29, 0.717) is 0 Å². The Bertz CT molecular complexity index is 269. The zero-order valence-electron chi connectivity index (χ0n) is 9.41. The molecule has 0 aromatic rings. The molecule has 0 N–H and O–H groups in total. The molecule has 1 fully saturated rings. The van der Waals surface area contributed by atoms with Gasteiger partial charge in [-0.05, 0) is 44.9 Å². The molecule has 3 aliphatic carbocycles. The zero-order chi connectivity index (χ0) is 10.3. The van der Waals surface area contributed by atoms with E-state index in [2.05, 4.69) is 36.5 Å². The first-order valence-corrected chi connectivity index (χ1v) is 6.12. The van der Waals surface area contributed by atoms with Crippen LogP contribution in [0.25, 0.3) is 0 Å². The fraction of sp³-hybridized carbons (Fsp3) is 0.467. The summed E-state index contributed by atoms with van der Waals surface area (Å²) in [7, 11) is 0. The average molecular weight is 200 g/mol. The van der Waals surface area contributed by atoms with Crippen LogP contribution in [0.2, 0.25) is 0 Å². The quantitative estimate of drug-likeness (QED) is 0.497. The third-order valence-electron chi connectivity index (χ3n) is 3.11. The van der Waals surface area contributed by atoms with Crippen molar-refractivity contribution < 1.29 is 0 Å². The molecular formula is C15H20. The van der Waals surface area contributed by atoms with Crippen molar-refractivity contribution in [2.75, 3.05) is 0 Å². The van der Waals surface area contributed by atoms with Gasteiger partial charge in [-0.2, -0.15) is 0 Å². The second-order valence-electron chi connectivity index (χ2n) is 4.42. The normalized spacial score (nSPS) is 22.4. The first-order chi connectivity index (χ1) is 7.45. The molecule has 0 radical (unpaired) electrons. The molecule has 0 nitrogen and oxygen atoms in total. The molecule has 0 aliphatic heterocycles. The van der Waals surface area contributed by atoms with Gasteiger partial charge in [-0.15, -0.1) is 0 Å². The van der Waals surface area contributed by atoms with Gasteiger partial charge in [0.2, 0.25) is 0 Å². The fourth-order valence-corrected chi connectivity index (χ4v) is 2.17. The Labute approximate surface area is 93.1 Å². The lowest BCUT2D eigenvalue weighted by Crippen LogP contribution is -1.71. The highest BCUT2D eigenvalue weighted by Crippen LogP contribution is 2.34. The van der Waals surface area contributed by atoms with Gasteiger partial charge in [0.05, 0.1) is 0 Å². The van der Waals surface area contributed by atoms with E-state index in [1.165, 1.54) is 44.9 Å². The van der Waals surface area contributed by atoms with Crippen LogP contribution in [-0.4, -0.2) is 0 Å². The number of rotatable bonds is 0. The maximum absolute atomic E-state index is 2.27. The van der Waals surface area contributed by atoms with Crippen molar-refractivity contribution in [2.24, 2.45) is 0 Å². The highest BCUT2D eigenvalue weighted by atomic mass is 14.2. The third-order valence-corrected chi connectivity index (χ3v) is 3.11. The van der Waals surface area contributed by atoms with Crippen LogP contribution in [-0.2, 0) is 0 Å². The second-order valence-corrected chi connectivity index (χ2v) is 4.42. The Morgan fingerprint density at radius 1 is 0.600 bits per heavy atom. The molecule has 0 heteroatoms. The van der Waals surface area contributed by atoms with Crippen molar-refractivity contribution in [1.82, 2.24) is 0 Å². The van der Waals surface area contributed by atoms with E-state index in [0.717, 1.165) is 0 Å². The summed E-state index contributed by atoms with van der Waals surface area (Å²) in [6.45, 7) is 0. The Balaban J connectivity index is 0.000000114. The number of fused-ring (bicyclic) bond motifs is 2. The summed E-state index contributed by atoms with van der Waals surface area (Å²) < 4.78 is 0. The van der Waals surface area contributed by atoms with E-state index in [1.54, 1.807) is 11.1 Å². The molecule has 2 bridgehead atoms. The minimum Gasteiger partial charge on any atom is -0.0882 e. The van der Waals surface area contributed by atoms with Crippen molar-refractivity contribution in [3.63, 3.8) is 0 Å². The van der Waals surface area contributed by atoms with Gasteiger partial charge in [0, 0.05) is 0 Å².